The van der Waals surface area contributed by atoms with Crippen molar-refractivity contribution in [2.75, 3.05) is 18.9 Å². The molecule has 28 heavy (non-hydrogen) atoms. The Morgan fingerprint density at radius 3 is 2.46 bits per heavy atom. The van der Waals surface area contributed by atoms with Gasteiger partial charge in [-0.05, 0) is 69.5 Å². The fraction of sp³-hybridized carbons (Fsp3) is 0.391. The van der Waals surface area contributed by atoms with E-state index in [0.717, 1.165) is 11.3 Å². The molecule has 5 heteroatoms. The first-order valence-electron chi connectivity index (χ1n) is 9.90. The van der Waals surface area contributed by atoms with Crippen molar-refractivity contribution >= 4 is 17.5 Å². The van der Waals surface area contributed by atoms with E-state index in [1.165, 1.54) is 12.8 Å². The molecule has 2 unspecified atom stereocenters. The van der Waals surface area contributed by atoms with E-state index in [-0.39, 0.29) is 23.9 Å². The number of nitrogens with zero attached hydrogens (tertiary/aromatic N) is 1. The maximum Gasteiger partial charge on any atom is 0.255 e. The van der Waals surface area contributed by atoms with Gasteiger partial charge in [0.05, 0.1) is 6.54 Å². The van der Waals surface area contributed by atoms with E-state index in [9.17, 15) is 9.59 Å². The summed E-state index contributed by atoms with van der Waals surface area (Å²) < 4.78 is 0. The molecule has 3 rings (SSSR count). The van der Waals surface area contributed by atoms with Crippen LogP contribution in [-0.4, -0.2) is 36.3 Å². The highest BCUT2D eigenvalue weighted by molar-refractivity contribution is 6.04. The SMILES string of the molecule is CC(NC(=O)CN(C)C(C)c1cccc(NC(=O)c2ccccc2)c1)C1CC1. The highest BCUT2D eigenvalue weighted by atomic mass is 16.2. The predicted molar refractivity (Wildman–Crippen MR) is 112 cm³/mol. The van der Waals surface area contributed by atoms with Crippen LogP contribution in [0.25, 0.3) is 0 Å². The Hall–Kier alpha value is -2.66. The zero-order valence-electron chi connectivity index (χ0n) is 16.8. The van der Waals surface area contributed by atoms with Gasteiger partial charge in [-0.1, -0.05) is 30.3 Å². The molecule has 0 aliphatic heterocycles. The van der Waals surface area contributed by atoms with Gasteiger partial charge in [0.25, 0.3) is 5.91 Å². The molecule has 0 bridgehead atoms. The number of likely N-dealkylation sites (N-methyl/N-ethyl adjacent to an activating group) is 1. The molecule has 2 N–H and O–H groups in total. The Morgan fingerprint density at radius 2 is 1.79 bits per heavy atom. The smallest absolute Gasteiger partial charge is 0.255 e. The minimum atomic E-state index is -0.132. The Kier molecular flexibility index (Phi) is 6.47. The minimum absolute atomic E-state index is 0.0514. The van der Waals surface area contributed by atoms with Gasteiger partial charge >= 0.3 is 0 Å². The molecule has 2 amide bonds. The molecule has 2 atom stereocenters. The number of nitrogens with one attached hydrogen (secondary N) is 2. The van der Waals surface area contributed by atoms with Crippen molar-refractivity contribution in [2.45, 2.75) is 38.8 Å². The van der Waals surface area contributed by atoms with Crippen LogP contribution in [0, 0.1) is 5.92 Å². The molecule has 0 saturated heterocycles. The summed E-state index contributed by atoms with van der Waals surface area (Å²) in [6.45, 7) is 4.49. The van der Waals surface area contributed by atoms with Crippen LogP contribution in [0.4, 0.5) is 5.69 Å². The van der Waals surface area contributed by atoms with E-state index in [1.54, 1.807) is 12.1 Å². The molecule has 148 valence electrons. The van der Waals surface area contributed by atoms with Gasteiger partial charge in [0, 0.05) is 23.3 Å². The summed E-state index contributed by atoms with van der Waals surface area (Å²) in [6, 6.07) is 17.2. The van der Waals surface area contributed by atoms with Gasteiger partial charge < -0.3 is 10.6 Å². The van der Waals surface area contributed by atoms with Crippen molar-refractivity contribution in [1.29, 1.82) is 0 Å². The Labute approximate surface area is 167 Å². The molecule has 1 aliphatic rings. The van der Waals surface area contributed by atoms with Gasteiger partial charge in [0.1, 0.15) is 0 Å². The third-order valence-corrected chi connectivity index (χ3v) is 5.43. The molecule has 2 aromatic carbocycles. The lowest BCUT2D eigenvalue weighted by Crippen LogP contribution is -2.41. The van der Waals surface area contributed by atoms with Crippen molar-refractivity contribution in [3.05, 3.63) is 65.7 Å². The van der Waals surface area contributed by atoms with Crippen LogP contribution >= 0.6 is 0 Å². The molecule has 0 radical (unpaired) electrons. The first-order chi connectivity index (χ1) is 13.4. The molecule has 0 aromatic heterocycles. The second kappa shape index (κ2) is 9.02. The van der Waals surface area contributed by atoms with Crippen molar-refractivity contribution in [2.24, 2.45) is 5.92 Å². The van der Waals surface area contributed by atoms with Crippen LogP contribution in [0.2, 0.25) is 0 Å². The monoisotopic (exact) mass is 379 g/mol. The Morgan fingerprint density at radius 1 is 1.07 bits per heavy atom. The number of hydrogen-bond donors (Lipinski definition) is 2. The van der Waals surface area contributed by atoms with Crippen LogP contribution in [0.5, 0.6) is 0 Å². The van der Waals surface area contributed by atoms with E-state index >= 15 is 0 Å². The van der Waals surface area contributed by atoms with Gasteiger partial charge in [-0.25, -0.2) is 0 Å². The van der Waals surface area contributed by atoms with Gasteiger partial charge in [-0.15, -0.1) is 0 Å². The maximum atomic E-state index is 12.4. The lowest BCUT2D eigenvalue weighted by Gasteiger charge is -2.25. The van der Waals surface area contributed by atoms with Crippen molar-refractivity contribution in [3.8, 4) is 0 Å². The number of rotatable bonds is 8. The second-order valence-electron chi connectivity index (χ2n) is 7.73. The zero-order valence-corrected chi connectivity index (χ0v) is 16.8. The van der Waals surface area contributed by atoms with Crippen LogP contribution < -0.4 is 10.6 Å². The van der Waals surface area contributed by atoms with Crippen molar-refractivity contribution in [1.82, 2.24) is 10.2 Å². The lowest BCUT2D eigenvalue weighted by atomic mass is 10.1. The third kappa shape index (κ3) is 5.42. The van der Waals surface area contributed by atoms with E-state index in [1.807, 2.05) is 54.4 Å². The summed E-state index contributed by atoms with van der Waals surface area (Å²) in [4.78, 5) is 26.7. The average molecular weight is 380 g/mol. The Bertz CT molecular complexity index is 818. The lowest BCUT2D eigenvalue weighted by molar-refractivity contribution is -0.123. The van der Waals surface area contributed by atoms with E-state index in [0.29, 0.717) is 18.0 Å². The molecule has 0 spiro atoms. The molecule has 2 aromatic rings. The van der Waals surface area contributed by atoms with E-state index < -0.39 is 0 Å². The number of anilines is 1. The van der Waals surface area contributed by atoms with E-state index in [4.69, 9.17) is 0 Å². The average Bonchev–Trinajstić information content (AvgIpc) is 3.53. The quantitative estimate of drug-likeness (QED) is 0.732. The Balaban J connectivity index is 1.58. The summed E-state index contributed by atoms with van der Waals surface area (Å²) in [5, 5.41) is 6.04. The van der Waals surface area contributed by atoms with Gasteiger partial charge in [-0.2, -0.15) is 0 Å². The fourth-order valence-corrected chi connectivity index (χ4v) is 3.30. The van der Waals surface area contributed by atoms with Crippen LogP contribution in [-0.2, 0) is 4.79 Å². The third-order valence-electron chi connectivity index (χ3n) is 5.43. The zero-order chi connectivity index (χ0) is 20.1. The summed E-state index contributed by atoms with van der Waals surface area (Å²) in [7, 11) is 1.95. The largest absolute Gasteiger partial charge is 0.352 e. The van der Waals surface area contributed by atoms with Crippen molar-refractivity contribution < 1.29 is 9.59 Å². The van der Waals surface area contributed by atoms with Crippen LogP contribution in [0.1, 0.15) is 48.7 Å². The molecule has 1 saturated carbocycles. The highest BCUT2D eigenvalue weighted by Gasteiger charge is 2.29. The van der Waals surface area contributed by atoms with Crippen LogP contribution in [0.15, 0.2) is 54.6 Å². The number of amides is 2. The molecule has 1 fully saturated rings. The molecule has 1 aliphatic carbocycles. The normalized spacial score (nSPS) is 15.7. The molecule has 5 nitrogen and oxygen atoms in total. The topological polar surface area (TPSA) is 61.4 Å². The summed E-state index contributed by atoms with van der Waals surface area (Å²) >= 11 is 0. The van der Waals surface area contributed by atoms with E-state index in [2.05, 4.69) is 24.5 Å². The maximum absolute atomic E-state index is 12.4. The predicted octanol–water partition coefficient (Wildman–Crippen LogP) is 3.85. The summed E-state index contributed by atoms with van der Waals surface area (Å²) in [5.74, 6) is 0.575. The highest BCUT2D eigenvalue weighted by Crippen LogP contribution is 2.32. The molecule has 0 heterocycles. The number of hydrogen-bond acceptors (Lipinski definition) is 3. The molecular weight excluding hydrogens is 350 g/mol. The fourth-order valence-electron chi connectivity index (χ4n) is 3.30. The van der Waals surface area contributed by atoms with Crippen molar-refractivity contribution in [3.63, 3.8) is 0 Å². The number of benzene rings is 2. The molecular formula is C23H29N3O2. The minimum Gasteiger partial charge on any atom is -0.352 e. The van der Waals surface area contributed by atoms with Gasteiger partial charge in [-0.3, -0.25) is 14.5 Å². The number of carbonyl (C=O) groups excluding carboxylic acids is 2. The van der Waals surface area contributed by atoms with Gasteiger partial charge in [0.2, 0.25) is 5.91 Å². The summed E-state index contributed by atoms with van der Waals surface area (Å²) in [5.41, 5.74) is 2.43. The number of carbonyl (C=O) groups is 2. The first kappa shape index (κ1) is 20.1. The second-order valence-corrected chi connectivity index (χ2v) is 7.73. The summed E-state index contributed by atoms with van der Waals surface area (Å²) in [6.07, 6.45) is 2.43. The first-order valence-corrected chi connectivity index (χ1v) is 9.90. The van der Waals surface area contributed by atoms with Gasteiger partial charge in [0.15, 0.2) is 0 Å². The standard InChI is InChI=1S/C23H29N3O2/c1-16(18-12-13-18)24-22(27)15-26(3)17(2)20-10-7-11-21(14-20)25-23(28)19-8-5-4-6-9-19/h4-11,14,16-18H,12-13,15H2,1-3H3,(H,24,27)(H,25,28). The van der Waals surface area contributed by atoms with Crippen LogP contribution in [0.3, 0.4) is 0 Å².